The second-order valence-corrected chi connectivity index (χ2v) is 5.74. The molecule has 0 saturated carbocycles. The fourth-order valence-corrected chi connectivity index (χ4v) is 3.08. The third kappa shape index (κ3) is 3.30. The molecule has 1 aliphatic carbocycles. The predicted molar refractivity (Wildman–Crippen MR) is 87.0 cm³/mol. The standard InChI is InChI=1S/C19H21NO2/c1-22-16-11-9-14(10-12-16)13-19(21)20-18-8-4-6-15-5-2-3-7-17(15)18/h2-3,5,7,9-12,18H,4,6,8,13H2,1H3,(H,20,21)/t18-/m0/s1. The van der Waals surface area contributed by atoms with Crippen molar-refractivity contribution in [2.75, 3.05) is 7.11 Å². The molecule has 1 N–H and O–H groups in total. The number of carbonyl (C=O) groups excluding carboxylic acids is 1. The number of rotatable bonds is 4. The average molecular weight is 295 g/mol. The maximum atomic E-state index is 12.3. The number of hydrogen-bond acceptors (Lipinski definition) is 2. The van der Waals surface area contributed by atoms with Crippen molar-refractivity contribution in [1.29, 1.82) is 0 Å². The molecule has 0 heterocycles. The molecule has 2 aromatic rings. The molecule has 114 valence electrons. The van der Waals surface area contributed by atoms with E-state index >= 15 is 0 Å². The molecule has 0 fully saturated rings. The fraction of sp³-hybridized carbons (Fsp3) is 0.316. The minimum atomic E-state index is 0.0758. The van der Waals surface area contributed by atoms with Gasteiger partial charge in [-0.3, -0.25) is 4.79 Å². The molecule has 1 amide bonds. The Kier molecular flexibility index (Phi) is 4.42. The van der Waals surface area contributed by atoms with E-state index in [2.05, 4.69) is 23.5 Å². The molecule has 3 nitrogen and oxygen atoms in total. The van der Waals surface area contributed by atoms with Crippen LogP contribution in [0.3, 0.4) is 0 Å². The van der Waals surface area contributed by atoms with E-state index in [1.807, 2.05) is 30.3 Å². The van der Waals surface area contributed by atoms with Crippen molar-refractivity contribution in [1.82, 2.24) is 5.32 Å². The summed E-state index contributed by atoms with van der Waals surface area (Å²) in [4.78, 5) is 12.3. The predicted octanol–water partition coefficient (Wildman–Crippen LogP) is 3.43. The largest absolute Gasteiger partial charge is 0.497 e. The molecule has 22 heavy (non-hydrogen) atoms. The van der Waals surface area contributed by atoms with Crippen LogP contribution < -0.4 is 10.1 Å². The molecule has 0 unspecified atom stereocenters. The topological polar surface area (TPSA) is 38.3 Å². The normalized spacial score (nSPS) is 16.7. The van der Waals surface area contributed by atoms with Crippen molar-refractivity contribution in [2.45, 2.75) is 31.7 Å². The zero-order valence-corrected chi connectivity index (χ0v) is 12.8. The Balaban J connectivity index is 1.65. The molecule has 2 aromatic carbocycles. The highest BCUT2D eigenvalue weighted by atomic mass is 16.5. The van der Waals surface area contributed by atoms with Crippen LogP contribution in [0, 0.1) is 0 Å². The van der Waals surface area contributed by atoms with E-state index in [9.17, 15) is 4.79 Å². The van der Waals surface area contributed by atoms with Gasteiger partial charge < -0.3 is 10.1 Å². The minimum Gasteiger partial charge on any atom is -0.497 e. The first-order valence-electron chi connectivity index (χ1n) is 7.76. The number of amides is 1. The smallest absolute Gasteiger partial charge is 0.224 e. The first kappa shape index (κ1) is 14.6. The Morgan fingerprint density at radius 2 is 1.95 bits per heavy atom. The number of fused-ring (bicyclic) bond motifs is 1. The summed E-state index contributed by atoms with van der Waals surface area (Å²) in [5.41, 5.74) is 3.64. The first-order valence-corrected chi connectivity index (χ1v) is 7.76. The molecule has 1 aliphatic rings. The molecule has 3 rings (SSSR count). The monoisotopic (exact) mass is 295 g/mol. The van der Waals surface area contributed by atoms with Gasteiger partial charge in [0.2, 0.25) is 5.91 Å². The number of ether oxygens (including phenoxy) is 1. The molecular weight excluding hydrogens is 274 g/mol. The van der Waals surface area contributed by atoms with Crippen molar-refractivity contribution >= 4 is 5.91 Å². The van der Waals surface area contributed by atoms with Crippen molar-refractivity contribution in [2.24, 2.45) is 0 Å². The summed E-state index contributed by atoms with van der Waals surface area (Å²) in [6.07, 6.45) is 3.67. The maximum Gasteiger partial charge on any atom is 0.224 e. The second-order valence-electron chi connectivity index (χ2n) is 5.74. The van der Waals surface area contributed by atoms with E-state index in [4.69, 9.17) is 4.74 Å². The van der Waals surface area contributed by atoms with E-state index in [0.29, 0.717) is 6.42 Å². The SMILES string of the molecule is COc1ccc(CC(=O)N[C@H]2CCCc3ccccc32)cc1. The van der Waals surface area contributed by atoms with Crippen molar-refractivity contribution in [3.63, 3.8) is 0 Å². The molecule has 0 spiro atoms. The van der Waals surface area contributed by atoms with Gasteiger partial charge in [0.1, 0.15) is 5.75 Å². The third-order valence-corrected chi connectivity index (χ3v) is 4.23. The fourth-order valence-electron chi connectivity index (χ4n) is 3.08. The molecule has 0 radical (unpaired) electrons. The number of methoxy groups -OCH3 is 1. The average Bonchev–Trinajstić information content (AvgIpc) is 2.56. The van der Waals surface area contributed by atoms with Crippen LogP contribution in [0.2, 0.25) is 0 Å². The number of nitrogens with one attached hydrogen (secondary N) is 1. The van der Waals surface area contributed by atoms with Crippen LogP contribution in [-0.4, -0.2) is 13.0 Å². The van der Waals surface area contributed by atoms with Crippen LogP contribution in [0.1, 0.15) is 35.6 Å². The van der Waals surface area contributed by atoms with Gasteiger partial charge in [-0.15, -0.1) is 0 Å². The zero-order chi connectivity index (χ0) is 15.4. The second kappa shape index (κ2) is 6.65. The lowest BCUT2D eigenvalue weighted by Gasteiger charge is -2.26. The van der Waals surface area contributed by atoms with E-state index in [1.54, 1.807) is 7.11 Å². The molecule has 1 atom stereocenters. The van der Waals surface area contributed by atoms with Crippen molar-refractivity contribution in [3.05, 3.63) is 65.2 Å². The Labute approximate surface area is 131 Å². The van der Waals surface area contributed by atoms with Gasteiger partial charge in [0.05, 0.1) is 19.6 Å². The summed E-state index contributed by atoms with van der Waals surface area (Å²) in [5.74, 6) is 0.886. The Hall–Kier alpha value is -2.29. The lowest BCUT2D eigenvalue weighted by Crippen LogP contribution is -2.32. The summed E-state index contributed by atoms with van der Waals surface area (Å²) in [6.45, 7) is 0. The maximum absolute atomic E-state index is 12.3. The summed E-state index contributed by atoms with van der Waals surface area (Å²) >= 11 is 0. The summed E-state index contributed by atoms with van der Waals surface area (Å²) in [7, 11) is 1.64. The number of aryl methyl sites for hydroxylation is 1. The quantitative estimate of drug-likeness (QED) is 0.938. The Morgan fingerprint density at radius 3 is 2.73 bits per heavy atom. The Bertz CT molecular complexity index is 649. The minimum absolute atomic E-state index is 0.0758. The van der Waals surface area contributed by atoms with Crippen LogP contribution >= 0.6 is 0 Å². The highest BCUT2D eigenvalue weighted by molar-refractivity contribution is 5.79. The van der Waals surface area contributed by atoms with Gasteiger partial charge >= 0.3 is 0 Å². The van der Waals surface area contributed by atoms with Crippen LogP contribution in [0.5, 0.6) is 5.75 Å². The molecule has 0 saturated heterocycles. The van der Waals surface area contributed by atoms with Gasteiger partial charge in [-0.2, -0.15) is 0 Å². The van der Waals surface area contributed by atoms with E-state index in [1.165, 1.54) is 11.1 Å². The van der Waals surface area contributed by atoms with E-state index in [-0.39, 0.29) is 11.9 Å². The van der Waals surface area contributed by atoms with Crippen molar-refractivity contribution in [3.8, 4) is 5.75 Å². The molecule has 0 aromatic heterocycles. The van der Waals surface area contributed by atoms with Gasteiger partial charge in [-0.25, -0.2) is 0 Å². The molecule has 0 bridgehead atoms. The Morgan fingerprint density at radius 1 is 1.18 bits per heavy atom. The van der Waals surface area contributed by atoms with Gasteiger partial charge in [0.15, 0.2) is 0 Å². The summed E-state index contributed by atoms with van der Waals surface area (Å²) < 4.78 is 5.13. The number of carbonyl (C=O) groups is 1. The highest BCUT2D eigenvalue weighted by Gasteiger charge is 2.21. The highest BCUT2D eigenvalue weighted by Crippen LogP contribution is 2.29. The number of benzene rings is 2. The van der Waals surface area contributed by atoms with Crippen LogP contribution in [0.4, 0.5) is 0 Å². The molecule has 3 heteroatoms. The summed E-state index contributed by atoms with van der Waals surface area (Å²) in [5, 5.41) is 3.18. The van der Waals surface area contributed by atoms with Crippen molar-refractivity contribution < 1.29 is 9.53 Å². The van der Waals surface area contributed by atoms with Gasteiger partial charge in [-0.05, 0) is 48.1 Å². The van der Waals surface area contributed by atoms with Crippen LogP contribution in [-0.2, 0) is 17.6 Å². The zero-order valence-electron chi connectivity index (χ0n) is 12.8. The number of hydrogen-bond donors (Lipinski definition) is 1. The van der Waals surface area contributed by atoms with Gasteiger partial charge in [0, 0.05) is 0 Å². The van der Waals surface area contributed by atoms with Gasteiger partial charge in [-0.1, -0.05) is 36.4 Å². The lowest BCUT2D eigenvalue weighted by atomic mass is 9.87. The summed E-state index contributed by atoms with van der Waals surface area (Å²) in [6, 6.07) is 16.2. The van der Waals surface area contributed by atoms with Gasteiger partial charge in [0.25, 0.3) is 0 Å². The third-order valence-electron chi connectivity index (χ3n) is 4.23. The lowest BCUT2D eigenvalue weighted by molar-refractivity contribution is -0.121. The molecule has 0 aliphatic heterocycles. The van der Waals surface area contributed by atoms with Crippen LogP contribution in [0.15, 0.2) is 48.5 Å². The van der Waals surface area contributed by atoms with Crippen LogP contribution in [0.25, 0.3) is 0 Å². The van der Waals surface area contributed by atoms with E-state index < -0.39 is 0 Å². The van der Waals surface area contributed by atoms with E-state index in [0.717, 1.165) is 30.6 Å². The molecular formula is C19H21NO2. The first-order chi connectivity index (χ1) is 10.8.